The molecule has 0 unspecified atom stereocenters. The van der Waals surface area contributed by atoms with E-state index in [4.69, 9.17) is 0 Å². The molecule has 0 spiro atoms. The highest BCUT2D eigenvalue weighted by molar-refractivity contribution is 6.10. The molecule has 0 aliphatic rings. The average molecular weight is 340 g/mol. The second-order valence-electron chi connectivity index (χ2n) is 5.99. The molecule has 3 aromatic rings. The first-order valence-corrected chi connectivity index (χ1v) is 7.65. The van der Waals surface area contributed by atoms with Crippen LogP contribution in [0.4, 0.5) is 5.69 Å². The Balaban J connectivity index is 2.33. The van der Waals surface area contributed by atoms with Crippen LogP contribution in [-0.2, 0) is 0 Å². The zero-order valence-electron chi connectivity index (χ0n) is 13.8. The van der Waals surface area contributed by atoms with E-state index >= 15 is 0 Å². The fourth-order valence-corrected chi connectivity index (χ4v) is 2.75. The second kappa shape index (κ2) is 6.40. The Morgan fingerprint density at radius 2 is 2.08 bits per heavy atom. The van der Waals surface area contributed by atoms with E-state index in [0.717, 1.165) is 0 Å². The number of pyridine rings is 2. The highest BCUT2D eigenvalue weighted by atomic mass is 16.6. The molecule has 128 valence electrons. The molecular formula is C17H16N4O4. The molecule has 0 aliphatic carbocycles. The molecule has 0 aliphatic heterocycles. The minimum atomic E-state index is -0.617. The summed E-state index contributed by atoms with van der Waals surface area (Å²) < 4.78 is 0. The number of Topliss-reactive ketones (excluding diaryl/α,β-unsaturated/α-hetero) is 1. The van der Waals surface area contributed by atoms with Crippen LogP contribution in [-0.4, -0.2) is 46.2 Å². The maximum atomic E-state index is 12.8. The number of nitro groups is 1. The van der Waals surface area contributed by atoms with E-state index in [1.165, 1.54) is 24.5 Å². The van der Waals surface area contributed by atoms with Gasteiger partial charge >= 0.3 is 0 Å². The number of hydrogen-bond donors (Lipinski definition) is 1. The lowest BCUT2D eigenvalue weighted by Gasteiger charge is -2.11. The number of rotatable bonds is 5. The Kier molecular flexibility index (Phi) is 4.28. The molecule has 2 heterocycles. The lowest BCUT2D eigenvalue weighted by molar-refractivity contribution is -0.383. The minimum Gasteiger partial charge on any atom is -0.353 e. The lowest BCUT2D eigenvalue weighted by Crippen LogP contribution is -2.17. The van der Waals surface area contributed by atoms with Gasteiger partial charge in [-0.15, -0.1) is 0 Å². The van der Waals surface area contributed by atoms with Crippen molar-refractivity contribution in [2.24, 2.45) is 0 Å². The monoisotopic (exact) mass is 340 g/mol. The van der Waals surface area contributed by atoms with Gasteiger partial charge in [0.05, 0.1) is 21.3 Å². The van der Waals surface area contributed by atoms with Gasteiger partial charge < -0.3 is 9.88 Å². The summed E-state index contributed by atoms with van der Waals surface area (Å²) in [6, 6.07) is 4.22. The molecule has 0 fully saturated rings. The molecule has 8 nitrogen and oxygen atoms in total. The van der Waals surface area contributed by atoms with E-state index in [1.54, 1.807) is 6.07 Å². The predicted molar refractivity (Wildman–Crippen MR) is 94.0 cm³/mol. The second-order valence-corrected chi connectivity index (χ2v) is 5.99. The van der Waals surface area contributed by atoms with Gasteiger partial charge in [0.1, 0.15) is 5.39 Å². The number of aromatic nitrogens is 2. The number of carbonyl (C=O) groups is 1. The SMILES string of the molecule is CN(C)CCC(=O)c1ccc([N+](=O)[O-])c2c(=O)c3cnccc3[nH]c12. The largest absolute Gasteiger partial charge is 0.353 e. The number of carbonyl (C=O) groups excluding carboxylic acids is 1. The van der Waals surface area contributed by atoms with Crippen LogP contribution in [0.3, 0.4) is 0 Å². The topological polar surface area (TPSA) is 109 Å². The quantitative estimate of drug-likeness (QED) is 0.330. The van der Waals surface area contributed by atoms with Gasteiger partial charge in [0.15, 0.2) is 5.78 Å². The molecule has 0 saturated carbocycles. The molecule has 0 bridgehead atoms. The number of non-ortho nitro benzene ring substituents is 1. The summed E-state index contributed by atoms with van der Waals surface area (Å²) in [5.41, 5.74) is 0.117. The van der Waals surface area contributed by atoms with Crippen molar-refractivity contribution in [3.8, 4) is 0 Å². The number of H-pyrrole nitrogens is 1. The van der Waals surface area contributed by atoms with Crippen LogP contribution in [0.25, 0.3) is 21.8 Å². The highest BCUT2D eigenvalue weighted by Crippen LogP contribution is 2.27. The number of fused-ring (bicyclic) bond motifs is 2. The van der Waals surface area contributed by atoms with Crippen LogP contribution in [0, 0.1) is 10.1 Å². The zero-order valence-corrected chi connectivity index (χ0v) is 13.8. The molecular weight excluding hydrogens is 324 g/mol. The van der Waals surface area contributed by atoms with Crippen LogP contribution in [0.2, 0.25) is 0 Å². The number of aromatic amines is 1. The van der Waals surface area contributed by atoms with Crippen molar-refractivity contribution in [2.45, 2.75) is 6.42 Å². The summed E-state index contributed by atoms with van der Waals surface area (Å²) in [5.74, 6) is -0.183. The number of hydrogen-bond acceptors (Lipinski definition) is 6. The van der Waals surface area contributed by atoms with Crippen molar-refractivity contribution in [3.05, 3.63) is 56.5 Å². The van der Waals surface area contributed by atoms with Crippen molar-refractivity contribution in [1.82, 2.24) is 14.9 Å². The van der Waals surface area contributed by atoms with Gasteiger partial charge in [0.25, 0.3) is 5.69 Å². The minimum absolute atomic E-state index is 0.0961. The molecule has 0 atom stereocenters. The third kappa shape index (κ3) is 2.99. The van der Waals surface area contributed by atoms with E-state index < -0.39 is 10.4 Å². The summed E-state index contributed by atoms with van der Waals surface area (Å²) >= 11 is 0. The third-order valence-electron chi connectivity index (χ3n) is 4.02. The summed E-state index contributed by atoms with van der Waals surface area (Å²) in [6.45, 7) is 0.541. The lowest BCUT2D eigenvalue weighted by atomic mass is 10.0. The maximum absolute atomic E-state index is 12.8. The van der Waals surface area contributed by atoms with Crippen molar-refractivity contribution in [1.29, 1.82) is 0 Å². The van der Waals surface area contributed by atoms with Crippen LogP contribution in [0.15, 0.2) is 35.4 Å². The number of nitrogens with one attached hydrogen (secondary N) is 1. The fourth-order valence-electron chi connectivity index (χ4n) is 2.75. The molecule has 25 heavy (non-hydrogen) atoms. The summed E-state index contributed by atoms with van der Waals surface area (Å²) in [5, 5.41) is 11.5. The average Bonchev–Trinajstić information content (AvgIpc) is 2.58. The van der Waals surface area contributed by atoms with Crippen LogP contribution in [0.5, 0.6) is 0 Å². The van der Waals surface area contributed by atoms with Gasteiger partial charge in [-0.3, -0.25) is 24.7 Å². The van der Waals surface area contributed by atoms with Crippen molar-refractivity contribution in [2.75, 3.05) is 20.6 Å². The predicted octanol–water partition coefficient (Wildman–Crippen LogP) is 2.12. The molecule has 1 aromatic carbocycles. The van der Waals surface area contributed by atoms with Gasteiger partial charge in [-0.05, 0) is 26.2 Å². The van der Waals surface area contributed by atoms with Gasteiger partial charge in [-0.25, -0.2) is 0 Å². The highest BCUT2D eigenvalue weighted by Gasteiger charge is 2.22. The van der Waals surface area contributed by atoms with Gasteiger partial charge in [0.2, 0.25) is 5.43 Å². The normalized spacial score (nSPS) is 11.3. The Bertz CT molecular complexity index is 1060. The number of benzene rings is 1. The first-order chi connectivity index (χ1) is 11.9. The van der Waals surface area contributed by atoms with E-state index in [2.05, 4.69) is 9.97 Å². The van der Waals surface area contributed by atoms with E-state index in [-0.39, 0.29) is 39.7 Å². The number of ketones is 1. The smallest absolute Gasteiger partial charge is 0.282 e. The molecule has 0 saturated heterocycles. The molecule has 0 radical (unpaired) electrons. The molecule has 3 rings (SSSR count). The van der Waals surface area contributed by atoms with E-state index in [9.17, 15) is 19.7 Å². The zero-order chi connectivity index (χ0) is 18.1. The molecule has 2 aromatic heterocycles. The van der Waals surface area contributed by atoms with Gasteiger partial charge in [-0.2, -0.15) is 0 Å². The Morgan fingerprint density at radius 1 is 1.32 bits per heavy atom. The maximum Gasteiger partial charge on any atom is 0.282 e. The van der Waals surface area contributed by atoms with Crippen molar-refractivity contribution in [3.63, 3.8) is 0 Å². The van der Waals surface area contributed by atoms with Gasteiger partial charge in [-0.1, -0.05) is 0 Å². The van der Waals surface area contributed by atoms with E-state index in [0.29, 0.717) is 12.1 Å². The van der Waals surface area contributed by atoms with Crippen LogP contribution >= 0.6 is 0 Å². The first-order valence-electron chi connectivity index (χ1n) is 7.65. The number of nitro benzene ring substituents is 1. The Morgan fingerprint density at radius 3 is 2.76 bits per heavy atom. The van der Waals surface area contributed by atoms with Gasteiger partial charge in [0, 0.05) is 37.0 Å². The Hall–Kier alpha value is -3.13. The number of nitrogens with zero attached hydrogens (tertiary/aromatic N) is 3. The van der Waals surface area contributed by atoms with Crippen molar-refractivity contribution >= 4 is 33.3 Å². The summed E-state index contributed by atoms with van der Waals surface area (Å²) in [6.07, 6.45) is 3.11. The van der Waals surface area contributed by atoms with E-state index in [1.807, 2.05) is 19.0 Å². The third-order valence-corrected chi connectivity index (χ3v) is 4.02. The Labute approximate surface area is 142 Å². The molecule has 8 heteroatoms. The van der Waals surface area contributed by atoms with Crippen molar-refractivity contribution < 1.29 is 9.72 Å². The summed E-state index contributed by atoms with van der Waals surface area (Å²) in [7, 11) is 3.70. The fraction of sp³-hybridized carbons (Fsp3) is 0.235. The van der Waals surface area contributed by atoms with Crippen LogP contribution < -0.4 is 5.43 Å². The first kappa shape index (κ1) is 16.7. The molecule has 0 amide bonds. The van der Waals surface area contributed by atoms with Crippen LogP contribution in [0.1, 0.15) is 16.8 Å². The summed E-state index contributed by atoms with van der Waals surface area (Å²) in [4.78, 5) is 44.8. The molecule has 1 N–H and O–H groups in total. The standard InChI is InChI=1S/C17H16N4O4/c1-20(2)8-6-14(22)10-3-4-13(21(24)25)15-16(10)19-12-5-7-18-9-11(12)17(15)23/h3-5,7,9H,6,8H2,1-2H3,(H,19,23).